The first-order valence-electron chi connectivity index (χ1n) is 8.80. The van der Waals surface area contributed by atoms with Crippen molar-refractivity contribution in [1.82, 2.24) is 9.80 Å². The predicted molar refractivity (Wildman–Crippen MR) is 93.5 cm³/mol. The minimum absolute atomic E-state index is 0.222. The van der Waals surface area contributed by atoms with E-state index in [1.54, 1.807) is 0 Å². The van der Waals surface area contributed by atoms with Crippen molar-refractivity contribution in [3.63, 3.8) is 0 Å². The van der Waals surface area contributed by atoms with E-state index in [9.17, 15) is 4.79 Å². The van der Waals surface area contributed by atoms with Gasteiger partial charge >= 0.3 is 0 Å². The number of para-hydroxylation sites is 1. The lowest BCUT2D eigenvalue weighted by Crippen LogP contribution is -2.56. The van der Waals surface area contributed by atoms with Gasteiger partial charge in [0.2, 0.25) is 5.91 Å². The highest BCUT2D eigenvalue weighted by molar-refractivity contribution is 5.76. The SMILES string of the molecule is NCCC(=O)N1CCC[C@H](N2CCN(c3ccccc3)CC2)C1. The Morgan fingerprint density at radius 3 is 2.52 bits per heavy atom. The highest BCUT2D eigenvalue weighted by Crippen LogP contribution is 2.21. The molecule has 0 aromatic heterocycles. The van der Waals surface area contributed by atoms with Gasteiger partial charge < -0.3 is 15.5 Å². The third kappa shape index (κ3) is 4.03. The summed E-state index contributed by atoms with van der Waals surface area (Å²) >= 11 is 0. The normalized spacial score (nSPS) is 23.1. The molecule has 0 spiro atoms. The Morgan fingerprint density at radius 1 is 1.09 bits per heavy atom. The molecule has 1 aromatic rings. The van der Waals surface area contributed by atoms with Crippen molar-refractivity contribution in [2.75, 3.05) is 50.7 Å². The molecule has 2 fully saturated rings. The Morgan fingerprint density at radius 2 is 1.83 bits per heavy atom. The highest BCUT2D eigenvalue weighted by atomic mass is 16.2. The quantitative estimate of drug-likeness (QED) is 0.905. The first-order valence-corrected chi connectivity index (χ1v) is 8.80. The molecule has 1 aromatic carbocycles. The van der Waals surface area contributed by atoms with Crippen LogP contribution in [0.25, 0.3) is 0 Å². The van der Waals surface area contributed by atoms with Crippen LogP contribution >= 0.6 is 0 Å². The molecule has 0 aliphatic carbocycles. The largest absolute Gasteiger partial charge is 0.369 e. The summed E-state index contributed by atoms with van der Waals surface area (Å²) in [6, 6.07) is 11.2. The van der Waals surface area contributed by atoms with E-state index < -0.39 is 0 Å². The fourth-order valence-electron chi connectivity index (χ4n) is 3.74. The van der Waals surface area contributed by atoms with Crippen molar-refractivity contribution in [1.29, 1.82) is 0 Å². The van der Waals surface area contributed by atoms with Crippen LogP contribution in [0.1, 0.15) is 19.3 Å². The zero-order chi connectivity index (χ0) is 16.1. The van der Waals surface area contributed by atoms with E-state index >= 15 is 0 Å². The number of hydrogen-bond acceptors (Lipinski definition) is 4. The van der Waals surface area contributed by atoms with Gasteiger partial charge in [0, 0.05) is 64.0 Å². The van der Waals surface area contributed by atoms with Crippen molar-refractivity contribution in [2.24, 2.45) is 5.73 Å². The number of carbonyl (C=O) groups is 1. The Hall–Kier alpha value is -1.59. The second kappa shape index (κ2) is 7.79. The zero-order valence-corrected chi connectivity index (χ0v) is 13.9. The average molecular weight is 316 g/mol. The number of hydrogen-bond donors (Lipinski definition) is 1. The number of rotatable bonds is 4. The first kappa shape index (κ1) is 16.3. The molecule has 2 saturated heterocycles. The third-order valence-electron chi connectivity index (χ3n) is 5.06. The van der Waals surface area contributed by atoms with E-state index in [1.807, 2.05) is 4.90 Å². The highest BCUT2D eigenvalue weighted by Gasteiger charge is 2.29. The second-order valence-electron chi connectivity index (χ2n) is 6.53. The van der Waals surface area contributed by atoms with Crippen molar-refractivity contribution < 1.29 is 4.79 Å². The maximum Gasteiger partial charge on any atom is 0.223 e. The van der Waals surface area contributed by atoms with Crippen LogP contribution in [0.3, 0.4) is 0 Å². The number of nitrogens with zero attached hydrogens (tertiary/aromatic N) is 3. The standard InChI is InChI=1S/C18H28N4O/c19-9-8-18(23)22-10-4-7-17(15-22)21-13-11-20(12-14-21)16-5-2-1-3-6-16/h1-3,5-6,17H,4,7-15,19H2/t17-/m0/s1. The van der Waals surface area contributed by atoms with Crippen LogP contribution in [0.4, 0.5) is 5.69 Å². The maximum absolute atomic E-state index is 12.1. The summed E-state index contributed by atoms with van der Waals surface area (Å²) in [6.07, 6.45) is 2.80. The average Bonchev–Trinajstić information content (AvgIpc) is 2.63. The molecule has 2 aliphatic heterocycles. The van der Waals surface area contributed by atoms with Crippen LogP contribution in [0.5, 0.6) is 0 Å². The molecule has 0 unspecified atom stereocenters. The van der Waals surface area contributed by atoms with Crippen molar-refractivity contribution in [3.05, 3.63) is 30.3 Å². The number of likely N-dealkylation sites (tertiary alicyclic amines) is 1. The minimum atomic E-state index is 0.222. The lowest BCUT2D eigenvalue weighted by Gasteiger charge is -2.44. The van der Waals surface area contributed by atoms with Crippen LogP contribution in [0, 0.1) is 0 Å². The third-order valence-corrected chi connectivity index (χ3v) is 5.06. The molecule has 2 aliphatic rings. The second-order valence-corrected chi connectivity index (χ2v) is 6.53. The van der Waals surface area contributed by atoms with E-state index in [0.717, 1.165) is 45.7 Å². The number of anilines is 1. The molecule has 1 amide bonds. The van der Waals surface area contributed by atoms with Crippen molar-refractivity contribution in [2.45, 2.75) is 25.3 Å². The lowest BCUT2D eigenvalue weighted by atomic mass is 10.0. The van der Waals surface area contributed by atoms with Crippen LogP contribution in [0.2, 0.25) is 0 Å². The Bertz CT molecular complexity index is 499. The summed E-state index contributed by atoms with van der Waals surface area (Å²) in [6.45, 7) is 6.53. The summed E-state index contributed by atoms with van der Waals surface area (Å²) in [7, 11) is 0. The number of piperidine rings is 1. The van der Waals surface area contributed by atoms with E-state index in [0.29, 0.717) is 19.0 Å². The van der Waals surface area contributed by atoms with Crippen LogP contribution in [-0.4, -0.2) is 67.6 Å². The first-order chi connectivity index (χ1) is 11.3. The Balaban J connectivity index is 1.52. The van der Waals surface area contributed by atoms with Crippen LogP contribution < -0.4 is 10.6 Å². The number of amides is 1. The summed E-state index contributed by atoms with van der Waals surface area (Å²) in [5, 5.41) is 0. The van der Waals surface area contributed by atoms with E-state index in [2.05, 4.69) is 40.1 Å². The fraction of sp³-hybridized carbons (Fsp3) is 0.611. The summed E-state index contributed by atoms with van der Waals surface area (Å²) in [5.74, 6) is 0.222. The van der Waals surface area contributed by atoms with Gasteiger partial charge in [-0.25, -0.2) is 0 Å². The number of nitrogens with two attached hydrogens (primary N) is 1. The summed E-state index contributed by atoms with van der Waals surface area (Å²) in [5.41, 5.74) is 6.84. The smallest absolute Gasteiger partial charge is 0.223 e. The van der Waals surface area contributed by atoms with Gasteiger partial charge in [0.25, 0.3) is 0 Å². The molecule has 5 nitrogen and oxygen atoms in total. The maximum atomic E-state index is 12.1. The number of benzene rings is 1. The minimum Gasteiger partial charge on any atom is -0.369 e. The van der Waals surface area contributed by atoms with Gasteiger partial charge in [-0.3, -0.25) is 9.69 Å². The molecule has 5 heteroatoms. The van der Waals surface area contributed by atoms with E-state index in [-0.39, 0.29) is 5.91 Å². The van der Waals surface area contributed by atoms with Crippen LogP contribution in [0.15, 0.2) is 30.3 Å². The molecule has 2 N–H and O–H groups in total. The van der Waals surface area contributed by atoms with Crippen LogP contribution in [-0.2, 0) is 4.79 Å². The molecule has 126 valence electrons. The number of carbonyl (C=O) groups excluding carboxylic acids is 1. The van der Waals surface area contributed by atoms with Gasteiger partial charge in [0.15, 0.2) is 0 Å². The zero-order valence-electron chi connectivity index (χ0n) is 13.9. The van der Waals surface area contributed by atoms with Gasteiger partial charge in [0.05, 0.1) is 0 Å². The topological polar surface area (TPSA) is 52.8 Å². The molecule has 0 radical (unpaired) electrons. The summed E-state index contributed by atoms with van der Waals surface area (Å²) in [4.78, 5) is 19.1. The van der Waals surface area contributed by atoms with E-state index in [4.69, 9.17) is 5.73 Å². The molecule has 0 bridgehead atoms. The number of piperazine rings is 1. The Labute approximate surface area is 139 Å². The van der Waals surface area contributed by atoms with Crippen molar-refractivity contribution in [3.8, 4) is 0 Å². The van der Waals surface area contributed by atoms with Crippen molar-refractivity contribution >= 4 is 11.6 Å². The molecule has 2 heterocycles. The van der Waals surface area contributed by atoms with Gasteiger partial charge in [-0.05, 0) is 25.0 Å². The fourth-order valence-corrected chi connectivity index (χ4v) is 3.74. The lowest BCUT2D eigenvalue weighted by molar-refractivity contribution is -0.133. The van der Waals surface area contributed by atoms with E-state index in [1.165, 1.54) is 12.1 Å². The van der Waals surface area contributed by atoms with Gasteiger partial charge in [0.1, 0.15) is 0 Å². The van der Waals surface area contributed by atoms with Gasteiger partial charge in [-0.1, -0.05) is 18.2 Å². The Kier molecular flexibility index (Phi) is 5.51. The molecular weight excluding hydrogens is 288 g/mol. The molecule has 3 rings (SSSR count). The molecule has 1 atom stereocenters. The predicted octanol–water partition coefficient (Wildman–Crippen LogP) is 1.15. The summed E-state index contributed by atoms with van der Waals surface area (Å²) < 4.78 is 0. The molecule has 23 heavy (non-hydrogen) atoms. The molecule has 0 saturated carbocycles. The van der Waals surface area contributed by atoms with Gasteiger partial charge in [-0.2, -0.15) is 0 Å². The van der Waals surface area contributed by atoms with Gasteiger partial charge in [-0.15, -0.1) is 0 Å². The monoisotopic (exact) mass is 316 g/mol. The molecular formula is C18H28N4O.